The summed E-state index contributed by atoms with van der Waals surface area (Å²) < 4.78 is 11.6. The molecule has 4 rings (SSSR count). The maximum atomic E-state index is 11.6. The molecule has 1 aliphatic carbocycles. The van der Waals surface area contributed by atoms with Gasteiger partial charge in [0.1, 0.15) is 12.4 Å². The first-order chi connectivity index (χ1) is 12.7. The van der Waals surface area contributed by atoms with Crippen molar-refractivity contribution in [1.82, 2.24) is 4.90 Å². The molecular weight excluding hydrogens is 326 g/mol. The van der Waals surface area contributed by atoms with Gasteiger partial charge in [0.25, 0.3) is 0 Å². The van der Waals surface area contributed by atoms with Gasteiger partial charge in [-0.25, -0.2) is 0 Å². The zero-order valence-electron chi connectivity index (χ0n) is 15.2. The van der Waals surface area contributed by atoms with Gasteiger partial charge < -0.3 is 9.47 Å². The Hall–Kier alpha value is -2.33. The molecule has 1 fully saturated rings. The van der Waals surface area contributed by atoms with E-state index in [0.717, 1.165) is 34.5 Å². The molecular formula is C22H25NO3. The van der Waals surface area contributed by atoms with E-state index in [-0.39, 0.29) is 12.1 Å². The highest BCUT2D eigenvalue weighted by molar-refractivity contribution is 5.80. The number of ether oxygens (including phenoxy) is 2. The highest BCUT2D eigenvalue weighted by Crippen LogP contribution is 2.46. The van der Waals surface area contributed by atoms with E-state index in [0.29, 0.717) is 6.61 Å². The number of likely N-dealkylation sites (tertiary alicyclic amines) is 1. The van der Waals surface area contributed by atoms with Crippen LogP contribution in [0, 0.1) is 0 Å². The van der Waals surface area contributed by atoms with Crippen molar-refractivity contribution in [2.75, 3.05) is 26.2 Å². The maximum absolute atomic E-state index is 11.6. The Morgan fingerprint density at radius 3 is 2.62 bits per heavy atom. The lowest BCUT2D eigenvalue weighted by molar-refractivity contribution is -0.144. The predicted molar refractivity (Wildman–Crippen MR) is 101 cm³/mol. The van der Waals surface area contributed by atoms with E-state index in [1.54, 1.807) is 0 Å². The molecule has 1 heterocycles. The highest BCUT2D eigenvalue weighted by Gasteiger charge is 2.31. The van der Waals surface area contributed by atoms with Crippen LogP contribution in [0.1, 0.15) is 43.4 Å². The molecule has 2 aliphatic rings. The lowest BCUT2D eigenvalue weighted by atomic mass is 10.1. The predicted octanol–water partition coefficient (Wildman–Crippen LogP) is 4.18. The Morgan fingerprint density at radius 2 is 1.81 bits per heavy atom. The topological polar surface area (TPSA) is 38.8 Å². The van der Waals surface area contributed by atoms with Crippen LogP contribution in [0.5, 0.6) is 5.75 Å². The number of carbonyl (C=O) groups excluding carboxylic acids is 1. The molecule has 0 spiro atoms. The molecule has 0 saturated carbocycles. The number of hydrogen-bond donors (Lipinski definition) is 0. The monoisotopic (exact) mass is 351 g/mol. The maximum Gasteiger partial charge on any atom is 0.303 e. The summed E-state index contributed by atoms with van der Waals surface area (Å²) >= 11 is 0. The van der Waals surface area contributed by atoms with Gasteiger partial charge in [-0.2, -0.15) is 0 Å². The standard InChI is InChI=1S/C22H25NO3/c1-16(24)26-22-20-8-4-3-7-18(20)19-10-9-17(15-21(19)22)25-14-13-23-11-5-2-6-12-23/h3-4,7-10,15,22H,2,5-6,11-14H2,1H3. The molecule has 0 N–H and O–H groups in total. The first-order valence-electron chi connectivity index (χ1n) is 9.48. The number of piperidine rings is 1. The van der Waals surface area contributed by atoms with Crippen molar-refractivity contribution in [3.05, 3.63) is 53.6 Å². The minimum Gasteiger partial charge on any atom is -0.492 e. The lowest BCUT2D eigenvalue weighted by Crippen LogP contribution is -2.33. The Balaban J connectivity index is 1.50. The molecule has 2 aromatic carbocycles. The fourth-order valence-corrected chi connectivity index (χ4v) is 4.00. The number of hydrogen-bond acceptors (Lipinski definition) is 4. The molecule has 2 aromatic rings. The second-order valence-corrected chi connectivity index (χ2v) is 7.08. The average molecular weight is 351 g/mol. The molecule has 4 heteroatoms. The van der Waals surface area contributed by atoms with E-state index in [2.05, 4.69) is 17.0 Å². The van der Waals surface area contributed by atoms with Gasteiger partial charge in [0.05, 0.1) is 0 Å². The molecule has 4 nitrogen and oxygen atoms in total. The van der Waals surface area contributed by atoms with Gasteiger partial charge in [0.15, 0.2) is 6.10 Å². The molecule has 0 bridgehead atoms. The molecule has 136 valence electrons. The van der Waals surface area contributed by atoms with Gasteiger partial charge in [-0.15, -0.1) is 0 Å². The molecule has 1 unspecified atom stereocenters. The normalized spacial score (nSPS) is 18.9. The summed E-state index contributed by atoms with van der Waals surface area (Å²) in [5.74, 6) is 0.569. The summed E-state index contributed by atoms with van der Waals surface area (Å²) in [5.41, 5.74) is 4.31. The Labute approximate surface area is 154 Å². The minimum absolute atomic E-state index is 0.269. The Morgan fingerprint density at radius 1 is 1.04 bits per heavy atom. The molecule has 0 amide bonds. The number of fused-ring (bicyclic) bond motifs is 3. The van der Waals surface area contributed by atoms with E-state index in [9.17, 15) is 4.79 Å². The van der Waals surface area contributed by atoms with E-state index in [1.165, 1.54) is 39.3 Å². The number of rotatable bonds is 5. The SMILES string of the molecule is CC(=O)OC1c2ccccc2-c2ccc(OCCN3CCCCC3)cc21. The van der Waals surface area contributed by atoms with Crippen molar-refractivity contribution in [2.24, 2.45) is 0 Å². The zero-order valence-corrected chi connectivity index (χ0v) is 15.2. The first kappa shape index (κ1) is 17.1. The summed E-state index contributed by atoms with van der Waals surface area (Å²) in [7, 11) is 0. The number of esters is 1. The first-order valence-corrected chi connectivity index (χ1v) is 9.48. The van der Waals surface area contributed by atoms with Crippen molar-refractivity contribution < 1.29 is 14.3 Å². The van der Waals surface area contributed by atoms with E-state index >= 15 is 0 Å². The van der Waals surface area contributed by atoms with Crippen LogP contribution in [0.4, 0.5) is 0 Å². The summed E-state index contributed by atoms with van der Waals surface area (Å²) in [4.78, 5) is 14.1. The third kappa shape index (κ3) is 3.47. The second kappa shape index (κ2) is 7.50. The molecule has 1 aliphatic heterocycles. The van der Waals surface area contributed by atoms with Crippen LogP contribution >= 0.6 is 0 Å². The summed E-state index contributed by atoms with van der Waals surface area (Å²) in [5, 5.41) is 0. The van der Waals surface area contributed by atoms with Gasteiger partial charge in [-0.1, -0.05) is 36.8 Å². The van der Waals surface area contributed by atoms with Crippen LogP contribution in [-0.2, 0) is 9.53 Å². The van der Waals surface area contributed by atoms with Crippen molar-refractivity contribution in [3.8, 4) is 16.9 Å². The van der Waals surface area contributed by atoms with Gasteiger partial charge in [-0.05, 0) is 49.2 Å². The van der Waals surface area contributed by atoms with Crippen molar-refractivity contribution in [2.45, 2.75) is 32.3 Å². The highest BCUT2D eigenvalue weighted by atomic mass is 16.5. The number of nitrogens with zero attached hydrogens (tertiary/aromatic N) is 1. The molecule has 1 saturated heterocycles. The van der Waals surface area contributed by atoms with Crippen LogP contribution in [0.2, 0.25) is 0 Å². The average Bonchev–Trinajstić information content (AvgIpc) is 2.96. The van der Waals surface area contributed by atoms with Crippen LogP contribution in [0.3, 0.4) is 0 Å². The van der Waals surface area contributed by atoms with Crippen LogP contribution in [-0.4, -0.2) is 37.1 Å². The zero-order chi connectivity index (χ0) is 17.9. The van der Waals surface area contributed by atoms with Gasteiger partial charge in [-0.3, -0.25) is 9.69 Å². The van der Waals surface area contributed by atoms with Crippen molar-refractivity contribution in [1.29, 1.82) is 0 Å². The number of benzene rings is 2. The molecule has 26 heavy (non-hydrogen) atoms. The Bertz CT molecular complexity index is 796. The van der Waals surface area contributed by atoms with Gasteiger partial charge in [0, 0.05) is 24.6 Å². The van der Waals surface area contributed by atoms with Crippen molar-refractivity contribution >= 4 is 5.97 Å². The third-order valence-electron chi connectivity index (χ3n) is 5.25. The second-order valence-electron chi connectivity index (χ2n) is 7.08. The Kier molecular flexibility index (Phi) is 4.93. The smallest absolute Gasteiger partial charge is 0.303 e. The van der Waals surface area contributed by atoms with Gasteiger partial charge >= 0.3 is 5.97 Å². The fraction of sp³-hybridized carbons (Fsp3) is 0.409. The summed E-state index contributed by atoms with van der Waals surface area (Å²) in [6.45, 7) is 5.46. The number of carbonyl (C=O) groups is 1. The van der Waals surface area contributed by atoms with Crippen molar-refractivity contribution in [3.63, 3.8) is 0 Å². The van der Waals surface area contributed by atoms with Gasteiger partial charge in [0.2, 0.25) is 0 Å². The third-order valence-corrected chi connectivity index (χ3v) is 5.25. The fourth-order valence-electron chi connectivity index (χ4n) is 4.00. The lowest BCUT2D eigenvalue weighted by Gasteiger charge is -2.26. The minimum atomic E-state index is -0.343. The summed E-state index contributed by atoms with van der Waals surface area (Å²) in [6.07, 6.45) is 3.59. The molecule has 0 aromatic heterocycles. The molecule has 1 atom stereocenters. The van der Waals surface area contributed by atoms with E-state index in [4.69, 9.17) is 9.47 Å². The molecule has 0 radical (unpaired) electrons. The summed E-state index contributed by atoms with van der Waals surface area (Å²) in [6, 6.07) is 14.2. The van der Waals surface area contributed by atoms with E-state index < -0.39 is 0 Å². The van der Waals surface area contributed by atoms with E-state index in [1.807, 2.05) is 30.3 Å². The van der Waals surface area contributed by atoms with Crippen LogP contribution in [0.15, 0.2) is 42.5 Å². The van der Waals surface area contributed by atoms with Crippen LogP contribution < -0.4 is 4.74 Å². The van der Waals surface area contributed by atoms with Crippen LogP contribution in [0.25, 0.3) is 11.1 Å². The largest absolute Gasteiger partial charge is 0.492 e. The quantitative estimate of drug-likeness (QED) is 0.758.